The maximum atomic E-state index is 9.43. The van der Waals surface area contributed by atoms with Gasteiger partial charge in [0.1, 0.15) is 0 Å². The van der Waals surface area contributed by atoms with E-state index < -0.39 is 12.2 Å². The van der Waals surface area contributed by atoms with Crippen LogP contribution >= 0.6 is 0 Å². The minimum Gasteiger partial charge on any atom is -0.390 e. The van der Waals surface area contributed by atoms with Crippen molar-refractivity contribution < 1.29 is 10.2 Å². The summed E-state index contributed by atoms with van der Waals surface area (Å²) < 4.78 is 0. The van der Waals surface area contributed by atoms with Gasteiger partial charge < -0.3 is 10.2 Å². The number of hydrogen-bond donors (Lipinski definition) is 2. The minimum atomic E-state index is -0.503. The molecule has 0 aromatic carbocycles. The molecule has 70 valence electrons. The molecule has 0 saturated carbocycles. The number of hydrogen-bond acceptors (Lipinski definition) is 2. The smallest absolute Gasteiger partial charge is 0.0799 e. The third kappa shape index (κ3) is 3.37. The van der Waals surface area contributed by atoms with Crippen molar-refractivity contribution in [1.29, 1.82) is 0 Å². The zero-order chi connectivity index (χ0) is 8.81. The number of aliphatic hydroxyl groups excluding tert-OH is 2. The first-order valence-electron chi connectivity index (χ1n) is 4.82. The molecule has 0 bridgehead atoms. The lowest BCUT2D eigenvalue weighted by Crippen LogP contribution is -2.25. The SMILES string of the molecule is O[C@@H]1CCC/C=C/CCC[C@@H]1O. The quantitative estimate of drug-likeness (QED) is 0.542. The van der Waals surface area contributed by atoms with Crippen LogP contribution in [0, 0.1) is 0 Å². The Hall–Kier alpha value is -0.340. The van der Waals surface area contributed by atoms with E-state index in [4.69, 9.17) is 0 Å². The molecule has 0 aromatic heterocycles. The van der Waals surface area contributed by atoms with Gasteiger partial charge in [0.05, 0.1) is 12.2 Å². The van der Waals surface area contributed by atoms with Crippen molar-refractivity contribution in [2.45, 2.75) is 50.7 Å². The van der Waals surface area contributed by atoms with Gasteiger partial charge in [0.2, 0.25) is 0 Å². The van der Waals surface area contributed by atoms with E-state index in [0.29, 0.717) is 0 Å². The fraction of sp³-hybridized carbons (Fsp3) is 0.800. The van der Waals surface area contributed by atoms with Gasteiger partial charge in [-0.1, -0.05) is 12.2 Å². The van der Waals surface area contributed by atoms with Gasteiger partial charge in [0.15, 0.2) is 0 Å². The molecule has 0 aromatic rings. The summed E-state index contributed by atoms with van der Waals surface area (Å²) in [6.45, 7) is 0. The van der Waals surface area contributed by atoms with Gasteiger partial charge in [-0.25, -0.2) is 0 Å². The zero-order valence-corrected chi connectivity index (χ0v) is 7.45. The Morgan fingerprint density at radius 2 is 1.25 bits per heavy atom. The second-order valence-corrected chi connectivity index (χ2v) is 3.47. The first kappa shape index (κ1) is 9.75. The highest BCUT2D eigenvalue weighted by Crippen LogP contribution is 2.13. The summed E-state index contributed by atoms with van der Waals surface area (Å²) in [4.78, 5) is 0. The lowest BCUT2D eigenvalue weighted by atomic mass is 10.0. The summed E-state index contributed by atoms with van der Waals surface area (Å²) in [7, 11) is 0. The highest BCUT2D eigenvalue weighted by atomic mass is 16.3. The van der Waals surface area contributed by atoms with Crippen LogP contribution in [0.5, 0.6) is 0 Å². The third-order valence-electron chi connectivity index (χ3n) is 2.35. The molecule has 0 heterocycles. The fourth-order valence-electron chi connectivity index (χ4n) is 1.51. The number of allylic oxidation sites excluding steroid dienone is 2. The molecule has 12 heavy (non-hydrogen) atoms. The van der Waals surface area contributed by atoms with Crippen molar-refractivity contribution in [3.63, 3.8) is 0 Å². The number of rotatable bonds is 0. The molecule has 0 saturated heterocycles. The summed E-state index contributed by atoms with van der Waals surface area (Å²) in [5.74, 6) is 0. The fourth-order valence-corrected chi connectivity index (χ4v) is 1.51. The van der Waals surface area contributed by atoms with E-state index in [1.54, 1.807) is 0 Å². The van der Waals surface area contributed by atoms with Crippen LogP contribution in [0.25, 0.3) is 0 Å². The molecule has 2 atom stereocenters. The van der Waals surface area contributed by atoms with Crippen molar-refractivity contribution in [3.05, 3.63) is 12.2 Å². The third-order valence-corrected chi connectivity index (χ3v) is 2.35. The summed E-state index contributed by atoms with van der Waals surface area (Å²) in [6.07, 6.45) is 8.82. The molecule has 1 rings (SSSR count). The molecular formula is C10H18O2. The molecule has 1 aliphatic rings. The Bertz CT molecular complexity index is 127. The topological polar surface area (TPSA) is 40.5 Å². The van der Waals surface area contributed by atoms with Gasteiger partial charge in [-0.05, 0) is 38.5 Å². The molecule has 2 heteroatoms. The molecule has 2 nitrogen and oxygen atoms in total. The molecule has 2 N–H and O–H groups in total. The van der Waals surface area contributed by atoms with E-state index in [9.17, 15) is 10.2 Å². The normalized spacial score (nSPS) is 35.8. The molecule has 0 fully saturated rings. The van der Waals surface area contributed by atoms with E-state index in [-0.39, 0.29) is 0 Å². The standard InChI is InChI=1S/C10H18O2/c11-9-7-5-3-1-2-4-6-8-10(9)12/h1-2,9-12H,3-8H2/b2-1+/t9-,10+. The van der Waals surface area contributed by atoms with Crippen LogP contribution in [0.2, 0.25) is 0 Å². The maximum absolute atomic E-state index is 9.43. The highest BCUT2D eigenvalue weighted by molar-refractivity contribution is 4.84. The predicted molar refractivity (Wildman–Crippen MR) is 48.9 cm³/mol. The van der Waals surface area contributed by atoms with Crippen molar-refractivity contribution >= 4 is 0 Å². The molecular weight excluding hydrogens is 152 g/mol. The second-order valence-electron chi connectivity index (χ2n) is 3.47. The van der Waals surface area contributed by atoms with E-state index in [1.165, 1.54) is 0 Å². The van der Waals surface area contributed by atoms with Gasteiger partial charge in [0, 0.05) is 0 Å². The van der Waals surface area contributed by atoms with Crippen LogP contribution < -0.4 is 0 Å². The Kier molecular flexibility index (Phi) is 4.33. The van der Waals surface area contributed by atoms with Crippen molar-refractivity contribution in [3.8, 4) is 0 Å². The predicted octanol–water partition coefficient (Wildman–Crippen LogP) is 1.62. The maximum Gasteiger partial charge on any atom is 0.0799 e. The van der Waals surface area contributed by atoms with Crippen molar-refractivity contribution in [1.82, 2.24) is 0 Å². The van der Waals surface area contributed by atoms with Crippen LogP contribution in [-0.4, -0.2) is 22.4 Å². The molecule has 0 amide bonds. The largest absolute Gasteiger partial charge is 0.390 e. The van der Waals surface area contributed by atoms with Crippen LogP contribution in [-0.2, 0) is 0 Å². The van der Waals surface area contributed by atoms with Crippen LogP contribution in [0.1, 0.15) is 38.5 Å². The average Bonchev–Trinajstić information content (AvgIpc) is 2.08. The lowest BCUT2D eigenvalue weighted by Gasteiger charge is -2.17. The highest BCUT2D eigenvalue weighted by Gasteiger charge is 2.14. The second kappa shape index (κ2) is 5.33. The molecule has 1 aliphatic carbocycles. The Balaban J connectivity index is 2.36. The zero-order valence-electron chi connectivity index (χ0n) is 7.45. The van der Waals surface area contributed by atoms with E-state index in [0.717, 1.165) is 38.5 Å². The van der Waals surface area contributed by atoms with Crippen molar-refractivity contribution in [2.75, 3.05) is 0 Å². The van der Waals surface area contributed by atoms with Gasteiger partial charge in [-0.15, -0.1) is 0 Å². The molecule has 0 spiro atoms. The van der Waals surface area contributed by atoms with Gasteiger partial charge >= 0.3 is 0 Å². The summed E-state index contributed by atoms with van der Waals surface area (Å²) in [6, 6.07) is 0. The monoisotopic (exact) mass is 170 g/mol. The first-order chi connectivity index (χ1) is 5.80. The molecule has 0 aliphatic heterocycles. The Morgan fingerprint density at radius 1 is 0.833 bits per heavy atom. The lowest BCUT2D eigenvalue weighted by molar-refractivity contribution is 0.00785. The van der Waals surface area contributed by atoms with Crippen LogP contribution in [0.3, 0.4) is 0 Å². The average molecular weight is 170 g/mol. The van der Waals surface area contributed by atoms with E-state index in [2.05, 4.69) is 12.2 Å². The van der Waals surface area contributed by atoms with Crippen LogP contribution in [0.15, 0.2) is 12.2 Å². The number of aliphatic hydroxyl groups is 2. The Morgan fingerprint density at radius 3 is 1.67 bits per heavy atom. The summed E-state index contributed by atoms with van der Waals surface area (Å²) in [5.41, 5.74) is 0. The first-order valence-corrected chi connectivity index (χ1v) is 4.82. The summed E-state index contributed by atoms with van der Waals surface area (Å²) in [5, 5.41) is 18.9. The van der Waals surface area contributed by atoms with Gasteiger partial charge in [-0.3, -0.25) is 0 Å². The minimum absolute atomic E-state index is 0.503. The van der Waals surface area contributed by atoms with Gasteiger partial charge in [-0.2, -0.15) is 0 Å². The van der Waals surface area contributed by atoms with Gasteiger partial charge in [0.25, 0.3) is 0 Å². The van der Waals surface area contributed by atoms with Crippen LogP contribution in [0.4, 0.5) is 0 Å². The summed E-state index contributed by atoms with van der Waals surface area (Å²) >= 11 is 0. The Labute approximate surface area is 73.9 Å². The van der Waals surface area contributed by atoms with E-state index >= 15 is 0 Å². The molecule has 0 unspecified atom stereocenters. The van der Waals surface area contributed by atoms with E-state index in [1.807, 2.05) is 0 Å². The van der Waals surface area contributed by atoms with Crippen molar-refractivity contribution in [2.24, 2.45) is 0 Å². The molecule has 0 radical (unpaired) electrons.